The molecule has 0 unspecified atom stereocenters. The third-order valence-corrected chi connectivity index (χ3v) is 0.200. The SMILES string of the molecule is O=P(=O)OO.[Cu].[K].[K].[K]. The first-order chi connectivity index (χ1) is 2.27. The fourth-order valence-corrected chi connectivity index (χ4v) is 0. The van der Waals surface area contributed by atoms with Gasteiger partial charge in [-0.2, -0.15) is 0 Å². The second-order valence-corrected chi connectivity index (χ2v) is 0.916. The van der Waals surface area contributed by atoms with Gasteiger partial charge in [0.2, 0.25) is 0 Å². The van der Waals surface area contributed by atoms with Crippen molar-refractivity contribution in [3.63, 3.8) is 0 Å². The molecular formula is HCuK3O4P. The standard InChI is InChI=1S/Cu.3K.HO4P/c;;;;1-4-5(2)3/h;;;;1H. The van der Waals surface area contributed by atoms with E-state index in [0.29, 0.717) is 0 Å². The Labute approximate surface area is 192 Å². The fraction of sp³-hybridized carbons (Fsp3) is 0. The zero-order valence-electron chi connectivity index (χ0n) is 5.42. The van der Waals surface area contributed by atoms with Gasteiger partial charge in [0, 0.05) is 171 Å². The van der Waals surface area contributed by atoms with Crippen LogP contribution in [0.4, 0.5) is 0 Å². The van der Waals surface area contributed by atoms with Gasteiger partial charge in [-0.15, -0.1) is 4.67 Å². The Morgan fingerprint density at radius 1 is 1.11 bits per heavy atom. The van der Waals surface area contributed by atoms with E-state index in [1.807, 2.05) is 0 Å². The molecule has 4 nitrogen and oxygen atoms in total. The molecule has 0 aromatic heterocycles. The third-order valence-electron chi connectivity index (χ3n) is 0.0667. The summed E-state index contributed by atoms with van der Waals surface area (Å²) in [5.74, 6) is 0. The Hall–Kier alpha value is 5.25. The van der Waals surface area contributed by atoms with Gasteiger partial charge >= 0.3 is 7.91 Å². The first kappa shape index (κ1) is 29.2. The van der Waals surface area contributed by atoms with Crippen molar-refractivity contribution in [2.45, 2.75) is 0 Å². The Kier molecular flexibility index (Phi) is 75.5. The van der Waals surface area contributed by atoms with Crippen molar-refractivity contribution in [1.29, 1.82) is 0 Å². The van der Waals surface area contributed by atoms with Gasteiger partial charge < -0.3 is 0 Å². The minimum absolute atomic E-state index is 0. The van der Waals surface area contributed by atoms with Crippen LogP contribution in [0, 0.1) is 0 Å². The molecule has 0 amide bonds. The van der Waals surface area contributed by atoms with Crippen molar-refractivity contribution in [3.8, 4) is 0 Å². The zero-order chi connectivity index (χ0) is 4.28. The second-order valence-electron chi connectivity index (χ2n) is 0.305. The van der Waals surface area contributed by atoms with Crippen LogP contribution in [0.2, 0.25) is 0 Å². The largest absolute Gasteiger partial charge is 0.496 e. The Morgan fingerprint density at radius 2 is 1.22 bits per heavy atom. The molecule has 0 bridgehead atoms. The van der Waals surface area contributed by atoms with Gasteiger partial charge in [-0.05, 0) is 0 Å². The number of hydrogen-bond donors (Lipinski definition) is 1. The van der Waals surface area contributed by atoms with Crippen LogP contribution in [0.25, 0.3) is 0 Å². The van der Waals surface area contributed by atoms with Crippen molar-refractivity contribution >= 4 is 162 Å². The van der Waals surface area contributed by atoms with E-state index in [9.17, 15) is 0 Å². The smallest absolute Gasteiger partial charge is 0.238 e. The quantitative estimate of drug-likeness (QED) is 0.301. The molecule has 0 atom stereocenters. The maximum absolute atomic E-state index is 8.93. The normalized spacial score (nSPS) is 4.11. The van der Waals surface area contributed by atoms with Crippen LogP contribution in [0.1, 0.15) is 0 Å². The van der Waals surface area contributed by atoms with Gasteiger partial charge in [-0.25, -0.2) is 14.4 Å². The van der Waals surface area contributed by atoms with Crippen molar-refractivity contribution in [1.82, 2.24) is 0 Å². The van der Waals surface area contributed by atoms with Crippen molar-refractivity contribution < 1.29 is 36.1 Å². The molecule has 0 aliphatic carbocycles. The first-order valence-electron chi connectivity index (χ1n) is 0.730. The summed E-state index contributed by atoms with van der Waals surface area (Å²) in [5, 5.41) is 7.05. The van der Waals surface area contributed by atoms with Crippen LogP contribution in [0.5, 0.6) is 0 Å². The predicted molar refractivity (Wildman–Crippen MR) is 29.3 cm³/mol. The van der Waals surface area contributed by atoms with E-state index in [4.69, 9.17) is 14.4 Å². The van der Waals surface area contributed by atoms with E-state index in [1.165, 1.54) is 0 Å². The molecule has 0 aliphatic heterocycles. The zero-order valence-corrected chi connectivity index (χ0v) is 16.6. The Balaban J connectivity index is -0.0000000133. The van der Waals surface area contributed by atoms with Crippen LogP contribution in [-0.4, -0.2) is 159 Å². The van der Waals surface area contributed by atoms with E-state index < -0.39 is 7.91 Å². The molecular weight excluding hydrogens is 276 g/mol. The summed E-state index contributed by atoms with van der Waals surface area (Å²) in [7, 11) is -3.04. The molecule has 0 spiro atoms. The Morgan fingerprint density at radius 3 is 1.22 bits per heavy atom. The third kappa shape index (κ3) is 31.9. The number of rotatable bonds is 1. The summed E-state index contributed by atoms with van der Waals surface area (Å²) in [6, 6.07) is 0. The molecule has 44 valence electrons. The minimum Gasteiger partial charge on any atom is -0.238 e. The first-order valence-corrected chi connectivity index (χ1v) is 1.83. The van der Waals surface area contributed by atoms with Crippen molar-refractivity contribution in [3.05, 3.63) is 0 Å². The monoisotopic (exact) mass is 276 g/mol. The molecule has 0 fully saturated rings. The Bertz CT molecular complexity index is 73.9. The summed E-state index contributed by atoms with van der Waals surface area (Å²) >= 11 is 0. The molecule has 9 heavy (non-hydrogen) atoms. The van der Waals surface area contributed by atoms with E-state index in [1.54, 1.807) is 0 Å². The van der Waals surface area contributed by atoms with E-state index in [0.717, 1.165) is 0 Å². The van der Waals surface area contributed by atoms with Gasteiger partial charge in [0.05, 0.1) is 0 Å². The maximum Gasteiger partial charge on any atom is 0.496 e. The van der Waals surface area contributed by atoms with Crippen LogP contribution < -0.4 is 0 Å². The summed E-state index contributed by atoms with van der Waals surface area (Å²) in [5.41, 5.74) is 0. The summed E-state index contributed by atoms with van der Waals surface area (Å²) in [4.78, 5) is 0. The molecule has 0 saturated heterocycles. The predicted octanol–water partition coefficient (Wildman–Crippen LogP) is -0.581. The molecule has 0 aliphatic rings. The van der Waals surface area contributed by atoms with Crippen molar-refractivity contribution in [2.75, 3.05) is 0 Å². The second kappa shape index (κ2) is 23.2. The van der Waals surface area contributed by atoms with Crippen LogP contribution in [0.3, 0.4) is 0 Å². The molecule has 1 N–H and O–H groups in total. The maximum atomic E-state index is 8.93. The minimum atomic E-state index is -3.04. The summed E-state index contributed by atoms with van der Waals surface area (Å²) in [6.07, 6.45) is 0. The summed E-state index contributed by atoms with van der Waals surface area (Å²) in [6.45, 7) is 0. The van der Waals surface area contributed by atoms with Crippen molar-refractivity contribution in [2.24, 2.45) is 0 Å². The molecule has 0 aromatic carbocycles. The average Bonchev–Trinajstić information content (AvgIpc) is 1.38. The van der Waals surface area contributed by atoms with Gasteiger partial charge in [-0.3, -0.25) is 0 Å². The summed E-state index contributed by atoms with van der Waals surface area (Å²) < 4.78 is 20.6. The number of hydrogen-bond acceptors (Lipinski definition) is 4. The molecule has 0 heterocycles. The van der Waals surface area contributed by atoms with Crippen LogP contribution >= 0.6 is 7.91 Å². The molecule has 0 saturated carbocycles. The topological polar surface area (TPSA) is 63.6 Å². The van der Waals surface area contributed by atoms with Gasteiger partial charge in [-0.1, -0.05) is 0 Å². The van der Waals surface area contributed by atoms with Crippen LogP contribution in [0.15, 0.2) is 0 Å². The molecule has 9 heteroatoms. The van der Waals surface area contributed by atoms with Gasteiger partial charge in [0.25, 0.3) is 0 Å². The van der Waals surface area contributed by atoms with E-state index in [-0.39, 0.29) is 171 Å². The van der Waals surface area contributed by atoms with E-state index in [2.05, 4.69) is 4.67 Å². The molecule has 0 aromatic rings. The molecule has 4 radical (unpaired) electrons. The average molecular weight is 277 g/mol. The molecule has 0 rings (SSSR count). The fourth-order valence-electron chi connectivity index (χ4n) is 0. The van der Waals surface area contributed by atoms with E-state index >= 15 is 0 Å². The van der Waals surface area contributed by atoms with Crippen LogP contribution in [-0.2, 0) is 30.9 Å². The van der Waals surface area contributed by atoms with Gasteiger partial charge in [0.1, 0.15) is 0 Å². The van der Waals surface area contributed by atoms with Gasteiger partial charge in [0.15, 0.2) is 0 Å².